The van der Waals surface area contributed by atoms with Gasteiger partial charge < -0.3 is 14.9 Å². The first-order valence-corrected chi connectivity index (χ1v) is 4.30. The third-order valence-corrected chi connectivity index (χ3v) is 1.71. The molecule has 0 spiro atoms. The fourth-order valence-corrected chi connectivity index (χ4v) is 1.11. The molecule has 11 heteroatoms. The average Bonchev–Trinajstić information content (AvgIpc) is 2.12. The summed E-state index contributed by atoms with van der Waals surface area (Å²) in [6.07, 6.45) is -5.31. The van der Waals surface area contributed by atoms with Gasteiger partial charge in [0.25, 0.3) is 5.24 Å². The molecule has 0 aliphatic heterocycles. The number of aromatic nitrogens is 1. The molecule has 0 aromatic carbocycles. The molecule has 1 heterocycles. The van der Waals surface area contributed by atoms with Crippen molar-refractivity contribution in [3.05, 3.63) is 27.6 Å². The standard InChI is InChI=1S/C7HClF4N2O4/c8-5(15)4-2(9)1-3(14(16)17)13-6(4)18-7(10,11)12/h1H. The van der Waals surface area contributed by atoms with Crippen LogP contribution in [0.2, 0.25) is 0 Å². The van der Waals surface area contributed by atoms with Crippen molar-refractivity contribution in [2.75, 3.05) is 0 Å². The number of hydrogen-bond acceptors (Lipinski definition) is 5. The Kier molecular flexibility index (Phi) is 3.70. The predicted molar refractivity (Wildman–Crippen MR) is 47.7 cm³/mol. The van der Waals surface area contributed by atoms with Gasteiger partial charge >= 0.3 is 18.1 Å². The molecule has 0 atom stereocenters. The molecule has 0 N–H and O–H groups in total. The number of carbonyl (C=O) groups is 1. The van der Waals surface area contributed by atoms with Gasteiger partial charge in [0.2, 0.25) is 0 Å². The predicted octanol–water partition coefficient (Wildman–Crippen LogP) is 2.41. The zero-order chi connectivity index (χ0) is 14.1. The van der Waals surface area contributed by atoms with E-state index in [-0.39, 0.29) is 6.07 Å². The van der Waals surface area contributed by atoms with Gasteiger partial charge in [-0.05, 0) is 16.5 Å². The summed E-state index contributed by atoms with van der Waals surface area (Å²) < 4.78 is 52.2. The molecule has 98 valence electrons. The van der Waals surface area contributed by atoms with Gasteiger partial charge in [0.05, 0.1) is 6.07 Å². The number of alkyl halides is 3. The Bertz CT molecular complexity index is 519. The Labute approximate surface area is 100 Å². The monoisotopic (exact) mass is 288 g/mol. The molecule has 18 heavy (non-hydrogen) atoms. The Morgan fingerprint density at radius 2 is 2.06 bits per heavy atom. The average molecular weight is 289 g/mol. The normalized spacial score (nSPS) is 11.2. The Morgan fingerprint density at radius 3 is 2.44 bits per heavy atom. The Balaban J connectivity index is 3.43. The van der Waals surface area contributed by atoms with Crippen LogP contribution in [0.1, 0.15) is 10.4 Å². The SMILES string of the molecule is O=C(Cl)c1c(F)cc([N+](=O)[O-])nc1OC(F)(F)F. The second-order valence-corrected chi connectivity index (χ2v) is 3.06. The van der Waals surface area contributed by atoms with Crippen molar-refractivity contribution in [1.82, 2.24) is 4.98 Å². The number of ether oxygens (including phenoxy) is 1. The lowest BCUT2D eigenvalue weighted by Gasteiger charge is -2.07. The first-order chi connectivity index (χ1) is 8.11. The van der Waals surface area contributed by atoms with Crippen LogP contribution in [0.5, 0.6) is 5.88 Å². The highest BCUT2D eigenvalue weighted by Crippen LogP contribution is 2.29. The van der Waals surface area contributed by atoms with E-state index in [4.69, 9.17) is 11.6 Å². The van der Waals surface area contributed by atoms with E-state index in [0.29, 0.717) is 0 Å². The molecule has 0 bridgehead atoms. The van der Waals surface area contributed by atoms with Gasteiger partial charge in [0, 0.05) is 4.98 Å². The van der Waals surface area contributed by atoms with Crippen molar-refractivity contribution in [3.63, 3.8) is 0 Å². The molecule has 0 aliphatic carbocycles. The van der Waals surface area contributed by atoms with E-state index in [1.54, 1.807) is 0 Å². The summed E-state index contributed by atoms with van der Waals surface area (Å²) in [7, 11) is 0. The van der Waals surface area contributed by atoms with E-state index in [1.807, 2.05) is 0 Å². The van der Waals surface area contributed by atoms with E-state index >= 15 is 0 Å². The van der Waals surface area contributed by atoms with Gasteiger partial charge in [-0.2, -0.15) is 0 Å². The molecule has 0 saturated heterocycles. The molecular weight excluding hydrogens is 288 g/mol. The number of hydrogen-bond donors (Lipinski definition) is 0. The third-order valence-electron chi connectivity index (χ3n) is 1.52. The zero-order valence-corrected chi connectivity index (χ0v) is 8.75. The summed E-state index contributed by atoms with van der Waals surface area (Å²) in [5.74, 6) is -4.52. The lowest BCUT2D eigenvalue weighted by atomic mass is 10.2. The van der Waals surface area contributed by atoms with Crippen LogP contribution in [0, 0.1) is 15.9 Å². The van der Waals surface area contributed by atoms with Crippen molar-refractivity contribution < 1.29 is 32.0 Å². The minimum Gasteiger partial charge on any atom is -0.366 e. The van der Waals surface area contributed by atoms with E-state index < -0.39 is 39.6 Å². The van der Waals surface area contributed by atoms with Crippen LogP contribution in [0.3, 0.4) is 0 Å². The van der Waals surface area contributed by atoms with Gasteiger partial charge in [-0.25, -0.2) is 4.39 Å². The maximum atomic E-state index is 13.2. The molecule has 1 aromatic heterocycles. The summed E-state index contributed by atoms with van der Waals surface area (Å²) >= 11 is 4.84. The molecule has 1 aromatic rings. The maximum Gasteiger partial charge on any atom is 0.575 e. The van der Waals surface area contributed by atoms with E-state index in [9.17, 15) is 32.5 Å². The number of rotatable bonds is 3. The largest absolute Gasteiger partial charge is 0.575 e. The summed E-state index contributed by atoms with van der Waals surface area (Å²) in [5, 5.41) is 8.64. The number of nitro groups is 1. The first-order valence-electron chi connectivity index (χ1n) is 3.92. The highest BCUT2D eigenvalue weighted by molar-refractivity contribution is 6.68. The molecule has 0 saturated carbocycles. The Morgan fingerprint density at radius 1 is 1.50 bits per heavy atom. The number of nitrogens with zero attached hydrogens (tertiary/aromatic N) is 2. The minimum absolute atomic E-state index is 0.152. The first kappa shape index (κ1) is 14.1. The molecule has 0 unspecified atom stereocenters. The third kappa shape index (κ3) is 3.26. The summed E-state index contributed by atoms with van der Waals surface area (Å²) in [6.45, 7) is 0. The second kappa shape index (κ2) is 4.72. The fraction of sp³-hybridized carbons (Fsp3) is 0.143. The highest BCUT2D eigenvalue weighted by atomic mass is 35.5. The van der Waals surface area contributed by atoms with Crippen molar-refractivity contribution in [2.45, 2.75) is 6.36 Å². The number of carbonyl (C=O) groups excluding carboxylic acids is 1. The van der Waals surface area contributed by atoms with Crippen molar-refractivity contribution >= 4 is 22.7 Å². The van der Waals surface area contributed by atoms with Gasteiger partial charge in [-0.3, -0.25) is 4.79 Å². The summed E-state index contributed by atoms with van der Waals surface area (Å²) in [5.41, 5.74) is -1.33. The van der Waals surface area contributed by atoms with Crippen LogP contribution in [-0.4, -0.2) is 21.5 Å². The van der Waals surface area contributed by atoms with Crippen molar-refractivity contribution in [3.8, 4) is 5.88 Å². The zero-order valence-electron chi connectivity index (χ0n) is 7.99. The molecule has 0 radical (unpaired) electrons. The van der Waals surface area contributed by atoms with E-state index in [0.717, 1.165) is 0 Å². The van der Waals surface area contributed by atoms with Crippen LogP contribution in [-0.2, 0) is 0 Å². The van der Waals surface area contributed by atoms with Crippen molar-refractivity contribution in [1.29, 1.82) is 0 Å². The van der Waals surface area contributed by atoms with Crippen molar-refractivity contribution in [2.24, 2.45) is 0 Å². The smallest absolute Gasteiger partial charge is 0.366 e. The molecule has 1 rings (SSSR count). The summed E-state index contributed by atoms with van der Waals surface area (Å²) in [6, 6.07) is 0.152. The molecule has 0 fully saturated rings. The van der Waals surface area contributed by atoms with Crippen LogP contribution >= 0.6 is 11.6 Å². The van der Waals surface area contributed by atoms with Gasteiger partial charge in [-0.1, -0.05) is 0 Å². The lowest BCUT2D eigenvalue weighted by Crippen LogP contribution is -2.20. The van der Waals surface area contributed by atoms with E-state index in [2.05, 4.69) is 9.72 Å². The summed E-state index contributed by atoms with van der Waals surface area (Å²) in [4.78, 5) is 22.5. The molecular formula is C7HClF4N2O4. The molecule has 0 amide bonds. The highest BCUT2D eigenvalue weighted by Gasteiger charge is 2.38. The topological polar surface area (TPSA) is 82.3 Å². The quantitative estimate of drug-likeness (QED) is 0.369. The van der Waals surface area contributed by atoms with Crippen LogP contribution < -0.4 is 4.74 Å². The van der Waals surface area contributed by atoms with Gasteiger partial charge in [-0.15, -0.1) is 13.2 Å². The van der Waals surface area contributed by atoms with E-state index in [1.165, 1.54) is 0 Å². The number of pyridine rings is 1. The second-order valence-electron chi connectivity index (χ2n) is 2.72. The molecule has 6 nitrogen and oxygen atoms in total. The van der Waals surface area contributed by atoms with Gasteiger partial charge in [0.1, 0.15) is 0 Å². The minimum atomic E-state index is -5.31. The molecule has 0 aliphatic rings. The fourth-order valence-electron chi connectivity index (χ4n) is 0.935. The Hall–Kier alpha value is -1.97. The van der Waals surface area contributed by atoms with Crippen LogP contribution in [0.25, 0.3) is 0 Å². The van der Waals surface area contributed by atoms with Crippen LogP contribution in [0.15, 0.2) is 6.07 Å². The van der Waals surface area contributed by atoms with Gasteiger partial charge in [0.15, 0.2) is 11.4 Å². The van der Waals surface area contributed by atoms with Crippen LogP contribution in [0.4, 0.5) is 23.4 Å². The number of halogens is 5. The maximum absolute atomic E-state index is 13.2. The lowest BCUT2D eigenvalue weighted by molar-refractivity contribution is -0.390.